The van der Waals surface area contributed by atoms with Crippen molar-refractivity contribution in [3.8, 4) is 0 Å². The molecule has 0 aliphatic rings. The quantitative estimate of drug-likeness (QED) is 0.174. The summed E-state index contributed by atoms with van der Waals surface area (Å²) in [6, 6.07) is 15.7. The van der Waals surface area contributed by atoms with E-state index >= 15 is 0 Å². The number of pyridine rings is 1. The second kappa shape index (κ2) is 10.1. The number of rotatable bonds is 8. The van der Waals surface area contributed by atoms with Crippen LogP contribution in [0, 0.1) is 10.1 Å². The van der Waals surface area contributed by atoms with Crippen LogP contribution in [0.15, 0.2) is 71.9 Å². The summed E-state index contributed by atoms with van der Waals surface area (Å²) < 4.78 is 0.661. The molecule has 2 aromatic heterocycles. The van der Waals surface area contributed by atoms with Crippen molar-refractivity contribution in [1.82, 2.24) is 9.97 Å². The molecule has 0 aliphatic heterocycles. The highest BCUT2D eigenvalue weighted by atomic mass is 35.5. The molecule has 32 heavy (non-hydrogen) atoms. The molecule has 2 heterocycles. The predicted octanol–water partition coefficient (Wildman–Crippen LogP) is 5.97. The summed E-state index contributed by atoms with van der Waals surface area (Å²) in [7, 11) is 0. The largest absolute Gasteiger partial charge is 0.284 e. The lowest BCUT2D eigenvalue weighted by Gasteiger charge is -2.20. The summed E-state index contributed by atoms with van der Waals surface area (Å²) in [6.07, 6.45) is 3.69. The molecule has 0 aliphatic carbocycles. The summed E-state index contributed by atoms with van der Waals surface area (Å²) in [5, 5.41) is 12.3. The molecule has 1 amide bonds. The molecule has 10 heteroatoms. The van der Waals surface area contributed by atoms with Crippen molar-refractivity contribution in [2.45, 2.75) is 17.9 Å². The maximum Gasteiger partial charge on any atom is 0.270 e. The van der Waals surface area contributed by atoms with E-state index < -0.39 is 4.92 Å². The predicted molar refractivity (Wildman–Crippen MR) is 128 cm³/mol. The van der Waals surface area contributed by atoms with Crippen molar-refractivity contribution in [3.63, 3.8) is 0 Å². The lowest BCUT2D eigenvalue weighted by molar-refractivity contribution is -0.384. The molecule has 0 bridgehead atoms. The maximum absolute atomic E-state index is 13.2. The Bertz CT molecular complexity index is 1250. The van der Waals surface area contributed by atoms with Crippen LogP contribution in [0.4, 0.5) is 10.8 Å². The number of thioether (sulfide) groups is 1. The number of anilines is 1. The number of thiazole rings is 1. The molecular formula is C22H17ClN4O3S2. The van der Waals surface area contributed by atoms with Crippen LogP contribution >= 0.6 is 34.7 Å². The standard InChI is InChI=1S/C22H17ClN4O3S2/c23-16-3-6-18(7-4-16)31-11-9-21(28)26(14-15-2-1-10-24-13-15)22-25-19-8-5-17(27(29)30)12-20(19)32-22/h1-8,10,12-13H,9,11,14H2. The molecule has 0 fully saturated rings. The van der Waals surface area contributed by atoms with Crippen LogP contribution in [0.2, 0.25) is 5.02 Å². The van der Waals surface area contributed by atoms with Gasteiger partial charge in [0.15, 0.2) is 5.13 Å². The molecule has 4 aromatic rings. The van der Waals surface area contributed by atoms with Crippen molar-refractivity contribution in [3.05, 3.63) is 87.7 Å². The first-order chi connectivity index (χ1) is 15.5. The molecule has 0 spiro atoms. The van der Waals surface area contributed by atoms with Gasteiger partial charge in [0, 0.05) is 46.6 Å². The molecule has 4 rings (SSSR count). The number of hydrogen-bond acceptors (Lipinski definition) is 7. The van der Waals surface area contributed by atoms with E-state index in [-0.39, 0.29) is 11.6 Å². The smallest absolute Gasteiger partial charge is 0.270 e. The highest BCUT2D eigenvalue weighted by Crippen LogP contribution is 2.33. The summed E-state index contributed by atoms with van der Waals surface area (Å²) >= 11 is 8.76. The number of nitrogens with zero attached hydrogens (tertiary/aromatic N) is 4. The van der Waals surface area contributed by atoms with Crippen LogP contribution < -0.4 is 4.90 Å². The third-order valence-corrected chi connectivity index (χ3v) is 6.87. The Kier molecular flexibility index (Phi) is 6.99. The lowest BCUT2D eigenvalue weighted by atomic mass is 10.2. The number of non-ortho nitro benzene ring substituents is 1. The highest BCUT2D eigenvalue weighted by Gasteiger charge is 2.21. The molecule has 0 atom stereocenters. The first-order valence-corrected chi connectivity index (χ1v) is 11.8. The van der Waals surface area contributed by atoms with Gasteiger partial charge in [-0.1, -0.05) is 29.0 Å². The van der Waals surface area contributed by atoms with E-state index in [0.29, 0.717) is 39.1 Å². The lowest BCUT2D eigenvalue weighted by Crippen LogP contribution is -2.30. The summed E-state index contributed by atoms with van der Waals surface area (Å²) in [6.45, 7) is 0.320. The number of hydrogen-bond donors (Lipinski definition) is 0. The summed E-state index contributed by atoms with van der Waals surface area (Å²) in [5.41, 5.74) is 1.49. The van der Waals surface area contributed by atoms with Gasteiger partial charge in [-0.15, -0.1) is 11.8 Å². The zero-order chi connectivity index (χ0) is 22.5. The number of carbonyl (C=O) groups is 1. The van der Waals surface area contributed by atoms with Crippen LogP contribution in [0.25, 0.3) is 10.2 Å². The minimum absolute atomic E-state index is 0.00259. The average Bonchev–Trinajstić information content (AvgIpc) is 3.22. The van der Waals surface area contributed by atoms with E-state index in [9.17, 15) is 14.9 Å². The molecule has 162 valence electrons. The van der Waals surface area contributed by atoms with Crippen molar-refractivity contribution in [2.75, 3.05) is 10.7 Å². The van der Waals surface area contributed by atoms with Crippen LogP contribution in [-0.2, 0) is 11.3 Å². The Morgan fingerprint density at radius 1 is 1.19 bits per heavy atom. The fourth-order valence-corrected chi connectivity index (χ4v) is 4.97. The number of aromatic nitrogens is 2. The van der Waals surface area contributed by atoms with Crippen molar-refractivity contribution in [1.29, 1.82) is 0 Å². The normalized spacial score (nSPS) is 10.9. The summed E-state index contributed by atoms with van der Waals surface area (Å²) in [4.78, 5) is 35.2. The van der Waals surface area contributed by atoms with Gasteiger partial charge >= 0.3 is 0 Å². The molecular weight excluding hydrogens is 468 g/mol. The number of fused-ring (bicyclic) bond motifs is 1. The van der Waals surface area contributed by atoms with Gasteiger partial charge in [0.05, 0.1) is 21.7 Å². The fraction of sp³-hybridized carbons (Fsp3) is 0.136. The van der Waals surface area contributed by atoms with Crippen LogP contribution in [0.1, 0.15) is 12.0 Å². The molecule has 0 N–H and O–H groups in total. The van der Waals surface area contributed by atoms with Gasteiger partial charge in [-0.25, -0.2) is 4.98 Å². The van der Waals surface area contributed by atoms with Gasteiger partial charge < -0.3 is 0 Å². The summed E-state index contributed by atoms with van der Waals surface area (Å²) in [5.74, 6) is 0.518. The van der Waals surface area contributed by atoms with E-state index in [2.05, 4.69) is 9.97 Å². The maximum atomic E-state index is 13.2. The van der Waals surface area contributed by atoms with Crippen LogP contribution in [-0.4, -0.2) is 26.6 Å². The Labute approximate surface area is 197 Å². The van der Waals surface area contributed by atoms with Gasteiger partial charge in [-0.2, -0.15) is 0 Å². The zero-order valence-corrected chi connectivity index (χ0v) is 19.1. The van der Waals surface area contributed by atoms with Crippen LogP contribution in [0.5, 0.6) is 0 Å². The third kappa shape index (κ3) is 5.42. The van der Waals surface area contributed by atoms with Gasteiger partial charge in [0.1, 0.15) is 0 Å². The minimum Gasteiger partial charge on any atom is -0.284 e. The third-order valence-electron chi connectivity index (χ3n) is 4.57. The SMILES string of the molecule is O=C(CCSc1ccc(Cl)cc1)N(Cc1cccnc1)c1nc2ccc([N+](=O)[O-])cc2s1. The number of benzene rings is 2. The van der Waals surface area contributed by atoms with Crippen molar-refractivity contribution in [2.24, 2.45) is 0 Å². The molecule has 7 nitrogen and oxygen atoms in total. The topological polar surface area (TPSA) is 89.2 Å². The van der Waals surface area contributed by atoms with E-state index in [4.69, 9.17) is 11.6 Å². The fourth-order valence-electron chi connectivity index (χ4n) is 2.99. The van der Waals surface area contributed by atoms with Crippen molar-refractivity contribution < 1.29 is 9.72 Å². The Balaban J connectivity index is 1.55. The zero-order valence-electron chi connectivity index (χ0n) is 16.7. The molecule has 0 radical (unpaired) electrons. The monoisotopic (exact) mass is 484 g/mol. The Morgan fingerprint density at radius 3 is 2.72 bits per heavy atom. The second-order valence-electron chi connectivity index (χ2n) is 6.80. The second-order valence-corrected chi connectivity index (χ2v) is 9.41. The Hall–Kier alpha value is -3.01. The number of nitro groups is 1. The van der Waals surface area contributed by atoms with Gasteiger partial charge in [-0.3, -0.25) is 24.8 Å². The molecule has 0 saturated heterocycles. The minimum atomic E-state index is -0.439. The van der Waals surface area contributed by atoms with Crippen LogP contribution in [0.3, 0.4) is 0 Å². The van der Waals surface area contributed by atoms with Gasteiger partial charge in [0.25, 0.3) is 5.69 Å². The van der Waals surface area contributed by atoms with E-state index in [1.54, 1.807) is 35.1 Å². The number of amides is 1. The number of carbonyl (C=O) groups excluding carboxylic acids is 1. The molecule has 0 saturated carbocycles. The number of halogens is 1. The molecule has 0 unspecified atom stereocenters. The number of nitro benzene ring substituents is 1. The highest BCUT2D eigenvalue weighted by molar-refractivity contribution is 7.99. The average molecular weight is 485 g/mol. The van der Waals surface area contributed by atoms with Crippen molar-refractivity contribution >= 4 is 61.6 Å². The molecule has 2 aromatic carbocycles. The van der Waals surface area contributed by atoms with E-state index in [1.807, 2.05) is 36.4 Å². The van der Waals surface area contributed by atoms with E-state index in [0.717, 1.165) is 10.5 Å². The first-order valence-electron chi connectivity index (χ1n) is 9.62. The first kappa shape index (κ1) is 22.2. The van der Waals surface area contributed by atoms with Gasteiger partial charge in [0.2, 0.25) is 5.91 Å². The Morgan fingerprint density at radius 2 is 2.00 bits per heavy atom. The van der Waals surface area contributed by atoms with Gasteiger partial charge in [-0.05, 0) is 42.0 Å². The van der Waals surface area contributed by atoms with E-state index in [1.165, 1.54) is 23.5 Å².